The predicted octanol–water partition coefficient (Wildman–Crippen LogP) is 3.19. The molecular weight excluding hydrogens is 263 g/mol. The predicted molar refractivity (Wildman–Crippen MR) is 66.6 cm³/mol. The first-order valence-corrected chi connectivity index (χ1v) is 5.70. The maximum absolute atomic E-state index is 5.97. The molecule has 0 spiro atoms. The number of hydrogen-bond donors (Lipinski definition) is 1. The van der Waals surface area contributed by atoms with Crippen LogP contribution in [0.2, 0.25) is 10.0 Å². The standard InChI is InChI=1S/C11H10Cl2N2O2/c12-8-2-1-3-9(11(8)13)16-5-4-7-6-10(14)17-15-7/h1-3,6H,4-5,14H2. The van der Waals surface area contributed by atoms with Crippen LogP contribution in [0.4, 0.5) is 5.88 Å². The maximum Gasteiger partial charge on any atom is 0.222 e. The first-order chi connectivity index (χ1) is 8.16. The normalized spacial score (nSPS) is 10.5. The summed E-state index contributed by atoms with van der Waals surface area (Å²) in [6.07, 6.45) is 0.587. The third kappa shape index (κ3) is 3.05. The van der Waals surface area contributed by atoms with Crippen molar-refractivity contribution in [1.29, 1.82) is 0 Å². The molecule has 2 aromatic rings. The molecule has 4 nitrogen and oxygen atoms in total. The van der Waals surface area contributed by atoms with Gasteiger partial charge in [0.15, 0.2) is 0 Å². The largest absolute Gasteiger partial charge is 0.492 e. The number of aromatic nitrogens is 1. The Bertz CT molecular complexity index is 514. The summed E-state index contributed by atoms with van der Waals surface area (Å²) in [4.78, 5) is 0. The van der Waals surface area contributed by atoms with Crippen LogP contribution in [0, 0.1) is 0 Å². The molecule has 6 heteroatoms. The van der Waals surface area contributed by atoms with Gasteiger partial charge in [0.1, 0.15) is 10.8 Å². The second-order valence-corrected chi connectivity index (χ2v) is 4.16. The van der Waals surface area contributed by atoms with Crippen molar-refractivity contribution in [3.63, 3.8) is 0 Å². The van der Waals surface area contributed by atoms with Crippen LogP contribution in [0.3, 0.4) is 0 Å². The van der Waals surface area contributed by atoms with E-state index in [1.807, 2.05) is 0 Å². The molecule has 1 aromatic heterocycles. The summed E-state index contributed by atoms with van der Waals surface area (Å²) >= 11 is 11.8. The van der Waals surface area contributed by atoms with Crippen LogP contribution in [0.5, 0.6) is 5.75 Å². The number of ether oxygens (including phenoxy) is 1. The lowest BCUT2D eigenvalue weighted by Crippen LogP contribution is -2.02. The van der Waals surface area contributed by atoms with E-state index in [9.17, 15) is 0 Å². The quantitative estimate of drug-likeness (QED) is 0.929. The lowest BCUT2D eigenvalue weighted by Gasteiger charge is -2.07. The Labute approximate surface area is 108 Å². The second kappa shape index (κ2) is 5.29. The smallest absolute Gasteiger partial charge is 0.222 e. The van der Waals surface area contributed by atoms with Gasteiger partial charge in [0.25, 0.3) is 0 Å². The molecule has 0 saturated carbocycles. The molecule has 0 aliphatic rings. The number of rotatable bonds is 4. The van der Waals surface area contributed by atoms with Crippen molar-refractivity contribution in [3.8, 4) is 5.75 Å². The molecule has 17 heavy (non-hydrogen) atoms. The van der Waals surface area contributed by atoms with Gasteiger partial charge in [-0.15, -0.1) is 0 Å². The summed E-state index contributed by atoms with van der Waals surface area (Å²) in [5.41, 5.74) is 6.13. The molecular formula is C11H10Cl2N2O2. The minimum Gasteiger partial charge on any atom is -0.492 e. The second-order valence-electron chi connectivity index (χ2n) is 3.37. The molecule has 2 N–H and O–H groups in total. The van der Waals surface area contributed by atoms with E-state index in [0.29, 0.717) is 34.7 Å². The minimum atomic E-state index is 0.292. The molecule has 0 atom stereocenters. The summed E-state index contributed by atoms with van der Waals surface area (Å²) < 4.78 is 10.2. The van der Waals surface area contributed by atoms with Crippen molar-refractivity contribution in [2.45, 2.75) is 6.42 Å². The van der Waals surface area contributed by atoms with E-state index in [1.165, 1.54) is 0 Å². The van der Waals surface area contributed by atoms with Crippen LogP contribution in [-0.2, 0) is 6.42 Å². The molecule has 0 unspecified atom stereocenters. The summed E-state index contributed by atoms with van der Waals surface area (Å²) in [6, 6.07) is 6.89. The van der Waals surface area contributed by atoms with Gasteiger partial charge < -0.3 is 15.0 Å². The fourth-order valence-electron chi connectivity index (χ4n) is 1.31. The SMILES string of the molecule is Nc1cc(CCOc2cccc(Cl)c2Cl)no1. The van der Waals surface area contributed by atoms with Crippen molar-refractivity contribution < 1.29 is 9.26 Å². The van der Waals surface area contributed by atoms with Crippen LogP contribution in [0.25, 0.3) is 0 Å². The zero-order valence-corrected chi connectivity index (χ0v) is 10.3. The van der Waals surface area contributed by atoms with E-state index in [2.05, 4.69) is 5.16 Å². The van der Waals surface area contributed by atoms with Crippen molar-refractivity contribution >= 4 is 29.1 Å². The topological polar surface area (TPSA) is 61.3 Å². The number of hydrogen-bond acceptors (Lipinski definition) is 4. The summed E-state index contributed by atoms with van der Waals surface area (Å²) in [5, 5.41) is 4.63. The van der Waals surface area contributed by atoms with Gasteiger partial charge in [0.2, 0.25) is 5.88 Å². The van der Waals surface area contributed by atoms with Crippen LogP contribution in [0.1, 0.15) is 5.69 Å². The van der Waals surface area contributed by atoms with E-state index in [1.54, 1.807) is 24.3 Å². The molecule has 0 bridgehead atoms. The molecule has 90 valence electrons. The molecule has 0 aliphatic heterocycles. The monoisotopic (exact) mass is 272 g/mol. The highest BCUT2D eigenvalue weighted by Crippen LogP contribution is 2.31. The van der Waals surface area contributed by atoms with Crippen LogP contribution >= 0.6 is 23.2 Å². The minimum absolute atomic E-state index is 0.292. The van der Waals surface area contributed by atoms with E-state index in [4.69, 9.17) is 38.2 Å². The molecule has 0 fully saturated rings. The van der Waals surface area contributed by atoms with Crippen LogP contribution < -0.4 is 10.5 Å². The van der Waals surface area contributed by atoms with Gasteiger partial charge in [0, 0.05) is 12.5 Å². The van der Waals surface area contributed by atoms with E-state index in [0.717, 1.165) is 5.69 Å². The van der Waals surface area contributed by atoms with Crippen LogP contribution in [0.15, 0.2) is 28.8 Å². The number of nitrogens with zero attached hydrogens (tertiary/aromatic N) is 1. The Morgan fingerprint density at radius 3 is 2.88 bits per heavy atom. The van der Waals surface area contributed by atoms with Gasteiger partial charge >= 0.3 is 0 Å². The maximum atomic E-state index is 5.97. The lowest BCUT2D eigenvalue weighted by molar-refractivity contribution is 0.316. The number of benzene rings is 1. The molecule has 0 saturated heterocycles. The Morgan fingerprint density at radius 1 is 1.35 bits per heavy atom. The Balaban J connectivity index is 1.92. The highest BCUT2D eigenvalue weighted by molar-refractivity contribution is 6.42. The Kier molecular flexibility index (Phi) is 3.76. The molecule has 1 heterocycles. The Morgan fingerprint density at radius 2 is 2.18 bits per heavy atom. The van der Waals surface area contributed by atoms with Gasteiger partial charge in [-0.2, -0.15) is 0 Å². The summed E-state index contributed by atoms with van der Waals surface area (Å²) in [6.45, 7) is 0.423. The number of nitrogens with two attached hydrogens (primary N) is 1. The first-order valence-electron chi connectivity index (χ1n) is 4.94. The van der Waals surface area contributed by atoms with Gasteiger partial charge in [0.05, 0.1) is 17.3 Å². The van der Waals surface area contributed by atoms with E-state index < -0.39 is 0 Å². The van der Waals surface area contributed by atoms with Crippen molar-refractivity contribution in [2.24, 2.45) is 0 Å². The van der Waals surface area contributed by atoms with Crippen LogP contribution in [-0.4, -0.2) is 11.8 Å². The fourth-order valence-corrected chi connectivity index (χ4v) is 1.65. The highest BCUT2D eigenvalue weighted by atomic mass is 35.5. The number of nitrogen functional groups attached to an aromatic ring is 1. The molecule has 2 rings (SSSR count). The van der Waals surface area contributed by atoms with Crippen molar-refractivity contribution in [2.75, 3.05) is 12.3 Å². The molecule has 0 aliphatic carbocycles. The number of halogens is 2. The Hall–Kier alpha value is -1.39. The number of anilines is 1. The zero-order valence-electron chi connectivity index (χ0n) is 8.82. The highest BCUT2D eigenvalue weighted by Gasteiger charge is 2.06. The zero-order chi connectivity index (χ0) is 12.3. The summed E-state index contributed by atoms with van der Waals surface area (Å²) in [5.74, 6) is 0.844. The van der Waals surface area contributed by atoms with E-state index in [-0.39, 0.29) is 0 Å². The first kappa shape index (κ1) is 12.1. The van der Waals surface area contributed by atoms with Gasteiger partial charge in [-0.1, -0.05) is 34.4 Å². The van der Waals surface area contributed by atoms with Gasteiger partial charge in [-0.3, -0.25) is 0 Å². The average molecular weight is 273 g/mol. The average Bonchev–Trinajstić information content (AvgIpc) is 2.70. The fraction of sp³-hybridized carbons (Fsp3) is 0.182. The molecule has 1 aromatic carbocycles. The third-order valence-electron chi connectivity index (χ3n) is 2.11. The van der Waals surface area contributed by atoms with Gasteiger partial charge in [-0.25, -0.2) is 0 Å². The summed E-state index contributed by atoms with van der Waals surface area (Å²) in [7, 11) is 0. The van der Waals surface area contributed by atoms with E-state index >= 15 is 0 Å². The van der Waals surface area contributed by atoms with Crippen molar-refractivity contribution in [3.05, 3.63) is 40.0 Å². The lowest BCUT2D eigenvalue weighted by atomic mass is 10.3. The van der Waals surface area contributed by atoms with Crippen molar-refractivity contribution in [1.82, 2.24) is 5.16 Å². The molecule has 0 radical (unpaired) electrons. The molecule has 0 amide bonds. The van der Waals surface area contributed by atoms with Gasteiger partial charge in [-0.05, 0) is 12.1 Å². The third-order valence-corrected chi connectivity index (χ3v) is 2.91.